The van der Waals surface area contributed by atoms with Crippen molar-refractivity contribution in [3.8, 4) is 0 Å². The van der Waals surface area contributed by atoms with E-state index in [1.54, 1.807) is 13.1 Å². The number of hydrogen-bond acceptors (Lipinski definition) is 4. The van der Waals surface area contributed by atoms with Gasteiger partial charge in [0, 0.05) is 26.1 Å². The first-order valence-electron chi connectivity index (χ1n) is 6.67. The highest BCUT2D eigenvalue weighted by Gasteiger charge is 2.12. The van der Waals surface area contributed by atoms with Crippen LogP contribution >= 0.6 is 0 Å². The molecule has 6 heteroatoms. The predicted octanol–water partition coefficient (Wildman–Crippen LogP) is 2.95. The molecule has 19 heavy (non-hydrogen) atoms. The molecule has 0 spiro atoms. The molecule has 1 aromatic rings. The molecular formula is C13H22F2N4. The topological polar surface area (TPSA) is 41.0 Å². The third-order valence-corrected chi connectivity index (χ3v) is 2.59. The van der Waals surface area contributed by atoms with Gasteiger partial charge in [-0.3, -0.25) is 0 Å². The van der Waals surface area contributed by atoms with Gasteiger partial charge in [0.25, 0.3) is 6.43 Å². The number of aryl methyl sites for hydroxylation is 1. The van der Waals surface area contributed by atoms with Crippen LogP contribution in [-0.2, 0) is 6.42 Å². The van der Waals surface area contributed by atoms with Crippen LogP contribution in [0.25, 0.3) is 0 Å². The van der Waals surface area contributed by atoms with Crippen molar-refractivity contribution in [2.45, 2.75) is 39.5 Å². The van der Waals surface area contributed by atoms with E-state index in [2.05, 4.69) is 22.2 Å². The highest BCUT2D eigenvalue weighted by Crippen LogP contribution is 2.16. The van der Waals surface area contributed by atoms with Crippen LogP contribution in [0.3, 0.4) is 0 Å². The van der Waals surface area contributed by atoms with Crippen molar-refractivity contribution in [2.24, 2.45) is 0 Å². The fourth-order valence-electron chi connectivity index (χ4n) is 1.66. The van der Waals surface area contributed by atoms with Gasteiger partial charge in [-0.15, -0.1) is 0 Å². The molecule has 0 bridgehead atoms. The molecule has 1 aromatic heterocycles. The van der Waals surface area contributed by atoms with Gasteiger partial charge >= 0.3 is 0 Å². The van der Waals surface area contributed by atoms with Crippen molar-refractivity contribution in [1.29, 1.82) is 0 Å². The van der Waals surface area contributed by atoms with Crippen LogP contribution in [0.5, 0.6) is 0 Å². The SMILES string of the molecule is CCCNc1cc(N(C)CC(F)F)nc(CCC)n1. The van der Waals surface area contributed by atoms with E-state index in [4.69, 9.17) is 0 Å². The van der Waals surface area contributed by atoms with E-state index in [1.807, 2.05) is 6.92 Å². The highest BCUT2D eigenvalue weighted by atomic mass is 19.3. The third-order valence-electron chi connectivity index (χ3n) is 2.59. The third kappa shape index (κ3) is 5.36. The van der Waals surface area contributed by atoms with Crippen LogP contribution in [0.15, 0.2) is 6.07 Å². The Morgan fingerprint density at radius 1 is 1.26 bits per heavy atom. The average Bonchev–Trinajstić information content (AvgIpc) is 2.35. The molecular weight excluding hydrogens is 250 g/mol. The molecule has 0 aliphatic rings. The molecule has 4 nitrogen and oxygen atoms in total. The van der Waals surface area contributed by atoms with Crippen molar-refractivity contribution < 1.29 is 8.78 Å². The van der Waals surface area contributed by atoms with Gasteiger partial charge in [-0.2, -0.15) is 0 Å². The van der Waals surface area contributed by atoms with E-state index in [0.717, 1.165) is 25.8 Å². The van der Waals surface area contributed by atoms with E-state index in [1.165, 1.54) is 4.90 Å². The summed E-state index contributed by atoms with van der Waals surface area (Å²) in [5, 5.41) is 3.18. The van der Waals surface area contributed by atoms with E-state index in [-0.39, 0.29) is 6.54 Å². The quantitative estimate of drug-likeness (QED) is 0.790. The number of aromatic nitrogens is 2. The largest absolute Gasteiger partial charge is 0.370 e. The minimum absolute atomic E-state index is 0.324. The minimum Gasteiger partial charge on any atom is -0.370 e. The Morgan fingerprint density at radius 3 is 2.58 bits per heavy atom. The number of nitrogens with one attached hydrogen (secondary N) is 1. The van der Waals surface area contributed by atoms with Gasteiger partial charge in [0.05, 0.1) is 6.54 Å². The molecule has 0 saturated carbocycles. The zero-order valence-electron chi connectivity index (χ0n) is 11.8. The van der Waals surface area contributed by atoms with Crippen molar-refractivity contribution in [3.63, 3.8) is 0 Å². The molecule has 108 valence electrons. The molecule has 0 aliphatic heterocycles. The summed E-state index contributed by atoms with van der Waals surface area (Å²) in [6.45, 7) is 4.58. The Kier molecular flexibility index (Phi) is 6.45. The normalized spacial score (nSPS) is 10.8. The lowest BCUT2D eigenvalue weighted by Crippen LogP contribution is -2.25. The van der Waals surface area contributed by atoms with Crippen molar-refractivity contribution in [3.05, 3.63) is 11.9 Å². The van der Waals surface area contributed by atoms with Crippen LogP contribution in [-0.4, -0.2) is 36.5 Å². The number of rotatable bonds is 8. The first-order chi connectivity index (χ1) is 9.06. The summed E-state index contributed by atoms with van der Waals surface area (Å²) in [7, 11) is 1.62. The lowest BCUT2D eigenvalue weighted by atomic mass is 10.3. The number of hydrogen-bond donors (Lipinski definition) is 1. The van der Waals surface area contributed by atoms with Crippen molar-refractivity contribution >= 4 is 11.6 Å². The highest BCUT2D eigenvalue weighted by molar-refractivity contribution is 5.49. The fourth-order valence-corrected chi connectivity index (χ4v) is 1.66. The van der Waals surface area contributed by atoms with Crippen LogP contribution in [0, 0.1) is 0 Å². The summed E-state index contributed by atoms with van der Waals surface area (Å²) >= 11 is 0. The standard InChI is InChI=1S/C13H22F2N4/c1-4-6-11-17-12(16-7-5-2)8-13(18-11)19(3)9-10(14)15/h8,10H,4-7,9H2,1-3H3,(H,16,17,18). The van der Waals surface area contributed by atoms with Gasteiger partial charge in [-0.05, 0) is 12.8 Å². The second kappa shape index (κ2) is 7.86. The summed E-state index contributed by atoms with van der Waals surface area (Å²) in [5.74, 6) is 1.94. The van der Waals surface area contributed by atoms with Gasteiger partial charge in [-0.25, -0.2) is 18.7 Å². The van der Waals surface area contributed by atoms with E-state index in [0.29, 0.717) is 17.5 Å². The predicted molar refractivity (Wildman–Crippen MR) is 74.1 cm³/mol. The van der Waals surface area contributed by atoms with E-state index in [9.17, 15) is 8.78 Å². The summed E-state index contributed by atoms with van der Waals surface area (Å²) in [4.78, 5) is 10.2. The van der Waals surface area contributed by atoms with Crippen LogP contribution in [0.1, 0.15) is 32.5 Å². The Morgan fingerprint density at radius 2 is 2.00 bits per heavy atom. The minimum atomic E-state index is -2.37. The fraction of sp³-hybridized carbons (Fsp3) is 0.692. The molecule has 1 rings (SSSR count). The first kappa shape index (κ1) is 15.6. The zero-order valence-corrected chi connectivity index (χ0v) is 11.8. The smallest absolute Gasteiger partial charge is 0.255 e. The summed E-state index contributed by atoms with van der Waals surface area (Å²) < 4.78 is 24.8. The molecule has 0 radical (unpaired) electrons. The van der Waals surface area contributed by atoms with Crippen molar-refractivity contribution in [2.75, 3.05) is 30.4 Å². The maximum atomic E-state index is 12.4. The van der Waals surface area contributed by atoms with Gasteiger partial charge < -0.3 is 10.2 Å². The second-order valence-electron chi connectivity index (χ2n) is 4.48. The lowest BCUT2D eigenvalue weighted by Gasteiger charge is -2.19. The van der Waals surface area contributed by atoms with E-state index >= 15 is 0 Å². The first-order valence-corrected chi connectivity index (χ1v) is 6.67. The summed E-state index contributed by atoms with van der Waals surface area (Å²) in [6.07, 6.45) is 0.281. The summed E-state index contributed by atoms with van der Waals surface area (Å²) in [6, 6.07) is 1.72. The van der Waals surface area contributed by atoms with Gasteiger partial charge in [0.1, 0.15) is 17.5 Å². The molecule has 0 fully saturated rings. The Labute approximate surface area is 113 Å². The zero-order chi connectivity index (χ0) is 14.3. The Bertz CT molecular complexity index is 385. The van der Waals surface area contributed by atoms with Crippen LogP contribution < -0.4 is 10.2 Å². The van der Waals surface area contributed by atoms with Gasteiger partial charge in [-0.1, -0.05) is 13.8 Å². The molecule has 0 aliphatic carbocycles. The number of alkyl halides is 2. The molecule has 0 amide bonds. The van der Waals surface area contributed by atoms with Gasteiger partial charge in [0.15, 0.2) is 0 Å². The molecule has 0 unspecified atom stereocenters. The Hall–Kier alpha value is -1.46. The lowest BCUT2D eigenvalue weighted by molar-refractivity contribution is 0.156. The molecule has 0 aromatic carbocycles. The van der Waals surface area contributed by atoms with Crippen LogP contribution in [0.4, 0.5) is 20.4 Å². The molecule has 0 saturated heterocycles. The number of halogens is 2. The average molecular weight is 272 g/mol. The molecule has 1 heterocycles. The maximum Gasteiger partial charge on any atom is 0.255 e. The molecule has 1 N–H and O–H groups in total. The van der Waals surface area contributed by atoms with Crippen LogP contribution in [0.2, 0.25) is 0 Å². The Balaban J connectivity index is 2.91. The summed E-state index contributed by atoms with van der Waals surface area (Å²) in [5.41, 5.74) is 0. The maximum absolute atomic E-state index is 12.4. The van der Waals surface area contributed by atoms with E-state index < -0.39 is 6.43 Å². The second-order valence-corrected chi connectivity index (χ2v) is 4.48. The molecule has 0 atom stereocenters. The number of anilines is 2. The number of nitrogens with zero attached hydrogens (tertiary/aromatic N) is 3. The monoisotopic (exact) mass is 272 g/mol. The van der Waals surface area contributed by atoms with Crippen molar-refractivity contribution in [1.82, 2.24) is 9.97 Å². The van der Waals surface area contributed by atoms with Gasteiger partial charge in [0.2, 0.25) is 0 Å².